The Bertz CT molecular complexity index is 714. The Labute approximate surface area is 132 Å². The highest BCUT2D eigenvalue weighted by Crippen LogP contribution is 2.40. The van der Waals surface area contributed by atoms with Crippen molar-refractivity contribution in [3.8, 4) is 0 Å². The van der Waals surface area contributed by atoms with Crippen LogP contribution in [0.4, 0.5) is 8.78 Å². The molecule has 23 heavy (non-hydrogen) atoms. The number of aliphatic hydroxyl groups is 1. The van der Waals surface area contributed by atoms with Gasteiger partial charge in [-0.2, -0.15) is 0 Å². The first-order valence-corrected chi connectivity index (χ1v) is 7.92. The number of oxazole rings is 1. The minimum absolute atomic E-state index is 0.170. The molecule has 2 aromatic rings. The molecule has 1 N–H and O–H groups in total. The number of β-amino-alcohol motifs (C(OH)–C–C–N with tert-alkyl or cyclic N) is 1. The molecular weight excluding hydrogens is 302 g/mol. The van der Waals surface area contributed by atoms with Gasteiger partial charge in [-0.25, -0.2) is 13.8 Å². The summed E-state index contributed by atoms with van der Waals surface area (Å²) in [5.74, 6) is 0.303. The molecule has 1 aliphatic heterocycles. The second-order valence-electron chi connectivity index (χ2n) is 6.44. The van der Waals surface area contributed by atoms with Crippen molar-refractivity contribution in [2.45, 2.75) is 43.9 Å². The van der Waals surface area contributed by atoms with Crippen molar-refractivity contribution in [1.29, 1.82) is 0 Å². The van der Waals surface area contributed by atoms with E-state index in [-0.39, 0.29) is 6.04 Å². The fourth-order valence-electron chi connectivity index (χ4n) is 3.25. The van der Waals surface area contributed by atoms with Gasteiger partial charge in [-0.3, -0.25) is 4.90 Å². The molecule has 2 aliphatic rings. The fourth-order valence-corrected chi connectivity index (χ4v) is 3.25. The van der Waals surface area contributed by atoms with Crippen LogP contribution in [0.25, 0.3) is 0 Å². The molecule has 0 amide bonds. The molecule has 0 spiro atoms. The van der Waals surface area contributed by atoms with Gasteiger partial charge in [0.25, 0.3) is 0 Å². The molecule has 4 rings (SSSR count). The summed E-state index contributed by atoms with van der Waals surface area (Å²) in [5.41, 5.74) is 0.662. The average Bonchev–Trinajstić information content (AvgIpc) is 3.16. The van der Waals surface area contributed by atoms with Crippen LogP contribution in [0.1, 0.15) is 48.4 Å². The quantitative estimate of drug-likeness (QED) is 0.940. The van der Waals surface area contributed by atoms with Crippen LogP contribution in [0.3, 0.4) is 0 Å². The number of hydrogen-bond donors (Lipinski definition) is 1. The summed E-state index contributed by atoms with van der Waals surface area (Å²) in [4.78, 5) is 6.30. The van der Waals surface area contributed by atoms with E-state index in [4.69, 9.17) is 4.42 Å². The second kappa shape index (κ2) is 5.69. The van der Waals surface area contributed by atoms with Crippen LogP contribution in [0.5, 0.6) is 0 Å². The number of hydrogen-bond acceptors (Lipinski definition) is 4. The van der Waals surface area contributed by atoms with Gasteiger partial charge >= 0.3 is 0 Å². The summed E-state index contributed by atoms with van der Waals surface area (Å²) >= 11 is 0. The van der Waals surface area contributed by atoms with Crippen LogP contribution in [0.2, 0.25) is 0 Å². The monoisotopic (exact) mass is 320 g/mol. The Morgan fingerprint density at radius 2 is 2.09 bits per heavy atom. The third-order valence-electron chi connectivity index (χ3n) is 4.60. The van der Waals surface area contributed by atoms with Crippen molar-refractivity contribution in [2.75, 3.05) is 6.54 Å². The maximum Gasteiger partial charge on any atom is 0.208 e. The van der Waals surface area contributed by atoms with Crippen LogP contribution in [-0.4, -0.2) is 27.6 Å². The summed E-state index contributed by atoms with van der Waals surface area (Å²) in [7, 11) is 0. The predicted molar refractivity (Wildman–Crippen MR) is 78.6 cm³/mol. The van der Waals surface area contributed by atoms with Crippen molar-refractivity contribution < 1.29 is 18.3 Å². The third kappa shape index (κ3) is 3.01. The fraction of sp³-hybridized carbons (Fsp3) is 0.471. The van der Waals surface area contributed by atoms with Gasteiger partial charge in [0.1, 0.15) is 5.76 Å². The highest BCUT2D eigenvalue weighted by Gasteiger charge is 2.34. The first-order valence-electron chi connectivity index (χ1n) is 7.92. The van der Waals surface area contributed by atoms with E-state index in [0.29, 0.717) is 36.9 Å². The van der Waals surface area contributed by atoms with Gasteiger partial charge in [0.15, 0.2) is 11.6 Å². The van der Waals surface area contributed by atoms with E-state index in [2.05, 4.69) is 4.98 Å². The van der Waals surface area contributed by atoms with Gasteiger partial charge in [-0.1, -0.05) is 6.07 Å². The van der Waals surface area contributed by atoms with Crippen LogP contribution < -0.4 is 0 Å². The number of halogens is 2. The lowest BCUT2D eigenvalue weighted by atomic mass is 10.0. The summed E-state index contributed by atoms with van der Waals surface area (Å²) < 4.78 is 32.4. The minimum Gasteiger partial charge on any atom is -0.444 e. The molecule has 1 saturated carbocycles. The molecule has 1 aromatic heterocycles. The van der Waals surface area contributed by atoms with Gasteiger partial charge < -0.3 is 9.52 Å². The van der Waals surface area contributed by atoms with E-state index in [1.54, 1.807) is 12.3 Å². The molecule has 1 aliphatic carbocycles. The molecule has 6 heteroatoms. The Hall–Kier alpha value is -1.79. The summed E-state index contributed by atoms with van der Waals surface area (Å²) in [5, 5.41) is 9.98. The van der Waals surface area contributed by atoms with E-state index in [9.17, 15) is 13.9 Å². The summed E-state index contributed by atoms with van der Waals surface area (Å²) in [6.07, 6.45) is 4.06. The van der Waals surface area contributed by atoms with Crippen LogP contribution in [0.15, 0.2) is 28.8 Å². The molecule has 0 radical (unpaired) electrons. The largest absolute Gasteiger partial charge is 0.444 e. The molecule has 0 unspecified atom stereocenters. The Kier molecular flexibility index (Phi) is 3.66. The maximum atomic E-state index is 13.5. The molecular formula is C17H18F2N2O2. The number of aliphatic hydroxyl groups excluding tert-OH is 1. The molecule has 0 bridgehead atoms. The molecule has 2 fully saturated rings. The summed E-state index contributed by atoms with van der Waals surface area (Å²) in [6.45, 7) is 0.915. The minimum atomic E-state index is -0.865. The molecule has 4 nitrogen and oxygen atoms in total. The predicted octanol–water partition coefficient (Wildman–Crippen LogP) is 3.14. The topological polar surface area (TPSA) is 49.5 Å². The summed E-state index contributed by atoms with van der Waals surface area (Å²) in [6, 6.07) is 3.73. The first-order chi connectivity index (χ1) is 11.1. The van der Waals surface area contributed by atoms with Gasteiger partial charge in [0, 0.05) is 18.5 Å². The first kappa shape index (κ1) is 14.8. The number of benzene rings is 1. The zero-order chi connectivity index (χ0) is 16.0. The number of nitrogens with zero attached hydrogens (tertiary/aromatic N) is 2. The van der Waals surface area contributed by atoms with E-state index < -0.39 is 17.7 Å². The number of aromatic nitrogens is 1. The highest BCUT2D eigenvalue weighted by molar-refractivity contribution is 5.23. The standard InChI is InChI=1S/C17H18F2N2O2/c18-13-4-3-11(5-14(13)19)15-6-12(22)8-21(15)9-17-20-7-16(23-17)10-1-2-10/h3-5,7,10,12,15,22H,1-2,6,8-9H2/t12-,15-/m1/s1. The molecule has 2 heterocycles. The smallest absolute Gasteiger partial charge is 0.208 e. The maximum absolute atomic E-state index is 13.5. The lowest BCUT2D eigenvalue weighted by molar-refractivity contribution is 0.166. The SMILES string of the molecule is O[C@@H]1C[C@H](c2ccc(F)c(F)c2)N(Cc2ncc(C3CC3)o2)C1. The van der Waals surface area contributed by atoms with Crippen LogP contribution >= 0.6 is 0 Å². The number of rotatable bonds is 4. The van der Waals surface area contributed by atoms with E-state index >= 15 is 0 Å². The zero-order valence-corrected chi connectivity index (χ0v) is 12.6. The Morgan fingerprint density at radius 1 is 1.26 bits per heavy atom. The van der Waals surface area contributed by atoms with Gasteiger partial charge in [-0.15, -0.1) is 0 Å². The van der Waals surface area contributed by atoms with Crippen LogP contribution in [0, 0.1) is 11.6 Å². The Morgan fingerprint density at radius 3 is 2.83 bits per heavy atom. The van der Waals surface area contributed by atoms with E-state index in [1.165, 1.54) is 6.07 Å². The van der Waals surface area contributed by atoms with Crippen LogP contribution in [-0.2, 0) is 6.54 Å². The Balaban J connectivity index is 1.53. The average molecular weight is 320 g/mol. The van der Waals surface area contributed by atoms with E-state index in [0.717, 1.165) is 24.7 Å². The van der Waals surface area contributed by atoms with E-state index in [1.807, 2.05) is 4.90 Å². The highest BCUT2D eigenvalue weighted by atomic mass is 19.2. The van der Waals surface area contributed by atoms with Crippen molar-refractivity contribution in [3.63, 3.8) is 0 Å². The molecule has 122 valence electrons. The van der Waals surface area contributed by atoms with Crippen molar-refractivity contribution in [3.05, 3.63) is 53.2 Å². The van der Waals surface area contributed by atoms with Crippen molar-refractivity contribution in [2.24, 2.45) is 0 Å². The van der Waals surface area contributed by atoms with Crippen molar-refractivity contribution >= 4 is 0 Å². The second-order valence-corrected chi connectivity index (χ2v) is 6.44. The third-order valence-corrected chi connectivity index (χ3v) is 4.60. The molecule has 1 aromatic carbocycles. The lowest BCUT2D eigenvalue weighted by Gasteiger charge is -2.23. The normalized spacial score (nSPS) is 25.2. The number of likely N-dealkylation sites (tertiary alicyclic amines) is 1. The zero-order valence-electron chi connectivity index (χ0n) is 12.6. The van der Waals surface area contributed by atoms with Crippen molar-refractivity contribution in [1.82, 2.24) is 9.88 Å². The lowest BCUT2D eigenvalue weighted by Crippen LogP contribution is -2.24. The molecule has 2 atom stereocenters. The van der Waals surface area contributed by atoms with Gasteiger partial charge in [0.05, 0.1) is 18.8 Å². The van der Waals surface area contributed by atoms with Gasteiger partial charge in [0.2, 0.25) is 5.89 Å². The van der Waals surface area contributed by atoms with Gasteiger partial charge in [-0.05, 0) is 37.0 Å². The molecule has 1 saturated heterocycles.